The first-order valence-corrected chi connectivity index (χ1v) is 6.73. The number of fused-ring (bicyclic) bond motifs is 1. The smallest absolute Gasteiger partial charge is 0.196 e. The number of hydrogen-bond donors (Lipinski definition) is 0. The van der Waals surface area contributed by atoms with E-state index in [1.54, 1.807) is 11.3 Å². The molecule has 0 atom stereocenters. The normalized spacial score (nSPS) is 11.0. The summed E-state index contributed by atoms with van der Waals surface area (Å²) >= 11 is 1.55. The molecule has 0 aliphatic heterocycles. The zero-order valence-electron chi connectivity index (χ0n) is 10.3. The molecule has 90 valence electrons. The van der Waals surface area contributed by atoms with Crippen LogP contribution in [0.25, 0.3) is 10.9 Å². The van der Waals surface area contributed by atoms with Crippen molar-refractivity contribution in [2.45, 2.75) is 6.92 Å². The van der Waals surface area contributed by atoms with Gasteiger partial charge in [-0.15, -0.1) is 0 Å². The Morgan fingerprint density at radius 3 is 2.83 bits per heavy atom. The monoisotopic (exact) mass is 255 g/mol. The molecule has 0 saturated heterocycles. The molecule has 0 aliphatic carbocycles. The van der Waals surface area contributed by atoms with Gasteiger partial charge in [0, 0.05) is 40.7 Å². The Balaban J connectivity index is 2.22. The van der Waals surface area contributed by atoms with Crippen molar-refractivity contribution in [3.05, 3.63) is 57.9 Å². The van der Waals surface area contributed by atoms with E-state index in [2.05, 4.69) is 13.0 Å². The molecule has 0 N–H and O–H groups in total. The van der Waals surface area contributed by atoms with Gasteiger partial charge in [-0.2, -0.15) is 11.3 Å². The number of aromatic nitrogens is 1. The molecule has 2 nitrogen and oxygen atoms in total. The summed E-state index contributed by atoms with van der Waals surface area (Å²) in [7, 11) is 1.98. The van der Waals surface area contributed by atoms with E-state index in [1.807, 2.05) is 46.8 Å². The highest BCUT2D eigenvalue weighted by atomic mass is 32.1. The van der Waals surface area contributed by atoms with E-state index in [4.69, 9.17) is 0 Å². The maximum Gasteiger partial charge on any atom is 0.196 e. The molecule has 0 radical (unpaired) electrons. The van der Waals surface area contributed by atoms with Gasteiger partial charge in [-0.25, -0.2) is 0 Å². The van der Waals surface area contributed by atoms with Crippen molar-refractivity contribution in [1.29, 1.82) is 0 Å². The number of aryl methyl sites for hydroxylation is 2. The van der Waals surface area contributed by atoms with E-state index in [-0.39, 0.29) is 5.78 Å². The molecule has 3 heteroatoms. The molecule has 0 bridgehead atoms. The number of benzene rings is 1. The van der Waals surface area contributed by atoms with Gasteiger partial charge in [0.25, 0.3) is 0 Å². The van der Waals surface area contributed by atoms with E-state index in [1.165, 1.54) is 5.56 Å². The molecule has 2 heterocycles. The highest BCUT2D eigenvalue weighted by Crippen LogP contribution is 2.24. The fourth-order valence-electron chi connectivity index (χ4n) is 2.22. The summed E-state index contributed by atoms with van der Waals surface area (Å²) in [5, 5.41) is 4.86. The number of rotatable bonds is 2. The molecule has 0 fully saturated rings. The molecule has 1 aromatic carbocycles. The molecule has 2 aromatic heterocycles. The van der Waals surface area contributed by atoms with Crippen LogP contribution in [0.4, 0.5) is 0 Å². The van der Waals surface area contributed by atoms with Crippen molar-refractivity contribution in [1.82, 2.24) is 4.57 Å². The minimum atomic E-state index is 0.103. The summed E-state index contributed by atoms with van der Waals surface area (Å²) < 4.78 is 2.02. The summed E-state index contributed by atoms with van der Waals surface area (Å²) in [6.45, 7) is 2.06. The Bertz CT molecular complexity index is 722. The van der Waals surface area contributed by atoms with Crippen LogP contribution in [0.5, 0.6) is 0 Å². The molecule has 0 amide bonds. The highest BCUT2D eigenvalue weighted by molar-refractivity contribution is 7.08. The van der Waals surface area contributed by atoms with E-state index < -0.39 is 0 Å². The molecule has 0 aliphatic rings. The molecule has 18 heavy (non-hydrogen) atoms. The molecular weight excluding hydrogens is 242 g/mol. The summed E-state index contributed by atoms with van der Waals surface area (Å²) in [6.07, 6.45) is 1.92. The maximum atomic E-state index is 12.4. The van der Waals surface area contributed by atoms with Gasteiger partial charge in [-0.05, 0) is 30.0 Å². The maximum absolute atomic E-state index is 12.4. The Labute approximate surface area is 109 Å². The van der Waals surface area contributed by atoms with Crippen LogP contribution in [0.2, 0.25) is 0 Å². The van der Waals surface area contributed by atoms with Crippen LogP contribution >= 0.6 is 11.3 Å². The Kier molecular flexibility index (Phi) is 2.56. The van der Waals surface area contributed by atoms with Crippen LogP contribution in [0.1, 0.15) is 21.5 Å². The number of thiophene rings is 1. The van der Waals surface area contributed by atoms with Crippen LogP contribution in [-0.4, -0.2) is 10.4 Å². The zero-order valence-corrected chi connectivity index (χ0v) is 11.1. The Hall–Kier alpha value is -1.87. The fraction of sp³-hybridized carbons (Fsp3) is 0.133. The largest absolute Gasteiger partial charge is 0.350 e. The molecule has 3 aromatic rings. The summed E-state index contributed by atoms with van der Waals surface area (Å²) in [4.78, 5) is 12.4. The van der Waals surface area contributed by atoms with E-state index in [0.29, 0.717) is 0 Å². The summed E-state index contributed by atoms with van der Waals surface area (Å²) in [6, 6.07) is 8.07. The number of nitrogens with zero attached hydrogens (tertiary/aromatic N) is 1. The lowest BCUT2D eigenvalue weighted by atomic mass is 10.0. The number of carbonyl (C=O) groups is 1. The third-order valence-corrected chi connectivity index (χ3v) is 3.86. The van der Waals surface area contributed by atoms with Gasteiger partial charge >= 0.3 is 0 Å². The third-order valence-electron chi connectivity index (χ3n) is 3.17. The van der Waals surface area contributed by atoms with Gasteiger partial charge in [-0.1, -0.05) is 12.1 Å². The topological polar surface area (TPSA) is 22.0 Å². The molecule has 0 unspecified atom stereocenters. The van der Waals surface area contributed by atoms with Crippen LogP contribution in [0.15, 0.2) is 41.2 Å². The molecule has 0 spiro atoms. The van der Waals surface area contributed by atoms with Crippen molar-refractivity contribution < 1.29 is 4.79 Å². The number of ketones is 1. The predicted molar refractivity (Wildman–Crippen MR) is 75.4 cm³/mol. The van der Waals surface area contributed by atoms with E-state index in [0.717, 1.165) is 22.0 Å². The van der Waals surface area contributed by atoms with Gasteiger partial charge in [0.1, 0.15) is 0 Å². The Morgan fingerprint density at radius 2 is 2.11 bits per heavy atom. The van der Waals surface area contributed by atoms with Crippen LogP contribution in [0.3, 0.4) is 0 Å². The van der Waals surface area contributed by atoms with Crippen LogP contribution < -0.4 is 0 Å². The Morgan fingerprint density at radius 1 is 1.28 bits per heavy atom. The highest BCUT2D eigenvalue weighted by Gasteiger charge is 2.15. The second-order valence-electron chi connectivity index (χ2n) is 4.52. The molecule has 3 rings (SSSR count). The quantitative estimate of drug-likeness (QED) is 0.639. The lowest BCUT2D eigenvalue weighted by Crippen LogP contribution is -1.98. The van der Waals surface area contributed by atoms with Crippen LogP contribution in [-0.2, 0) is 7.05 Å². The predicted octanol–water partition coefficient (Wildman–Crippen LogP) is 3.78. The lowest BCUT2D eigenvalue weighted by Gasteiger charge is -1.98. The third kappa shape index (κ3) is 1.68. The van der Waals surface area contributed by atoms with Crippen molar-refractivity contribution in [2.24, 2.45) is 7.05 Å². The fourth-order valence-corrected chi connectivity index (χ4v) is 2.86. The van der Waals surface area contributed by atoms with Crippen molar-refractivity contribution in [3.8, 4) is 0 Å². The zero-order chi connectivity index (χ0) is 12.7. The van der Waals surface area contributed by atoms with Crippen molar-refractivity contribution in [3.63, 3.8) is 0 Å². The van der Waals surface area contributed by atoms with Gasteiger partial charge in [0.2, 0.25) is 0 Å². The summed E-state index contributed by atoms with van der Waals surface area (Å²) in [5.74, 6) is 0.103. The average Bonchev–Trinajstić information content (AvgIpc) is 2.97. The van der Waals surface area contributed by atoms with Gasteiger partial charge < -0.3 is 4.57 Å². The number of carbonyl (C=O) groups excluding carboxylic acids is 1. The minimum Gasteiger partial charge on any atom is -0.350 e. The van der Waals surface area contributed by atoms with Crippen LogP contribution in [0, 0.1) is 6.92 Å². The van der Waals surface area contributed by atoms with Gasteiger partial charge in [0.15, 0.2) is 5.78 Å². The van der Waals surface area contributed by atoms with Gasteiger partial charge in [-0.3, -0.25) is 4.79 Å². The standard InChI is InChI=1S/C15H13NOS/c1-10-3-4-12-13(8-16(2)14(12)7-10)15(17)11-5-6-18-9-11/h3-9H,1-2H3. The SMILES string of the molecule is Cc1ccc2c(C(=O)c3ccsc3)cn(C)c2c1. The minimum absolute atomic E-state index is 0.103. The molecular formula is C15H13NOS. The average molecular weight is 255 g/mol. The first-order chi connectivity index (χ1) is 8.66. The van der Waals surface area contributed by atoms with E-state index >= 15 is 0 Å². The van der Waals surface area contributed by atoms with Gasteiger partial charge in [0.05, 0.1) is 0 Å². The van der Waals surface area contributed by atoms with E-state index in [9.17, 15) is 4.79 Å². The first-order valence-electron chi connectivity index (χ1n) is 5.79. The van der Waals surface area contributed by atoms with Crippen molar-refractivity contribution >= 4 is 28.0 Å². The lowest BCUT2D eigenvalue weighted by molar-refractivity contribution is 0.104. The first kappa shape index (κ1) is 11.2. The van der Waals surface area contributed by atoms with Crippen molar-refractivity contribution in [2.75, 3.05) is 0 Å². The second kappa shape index (κ2) is 4.10. The summed E-state index contributed by atoms with van der Waals surface area (Å²) in [5.41, 5.74) is 3.87. The number of hydrogen-bond acceptors (Lipinski definition) is 2. The molecule has 0 saturated carbocycles. The second-order valence-corrected chi connectivity index (χ2v) is 5.30.